The first-order valence-corrected chi connectivity index (χ1v) is 8.01. The van der Waals surface area contributed by atoms with E-state index in [-0.39, 0.29) is 11.9 Å². The summed E-state index contributed by atoms with van der Waals surface area (Å²) in [6, 6.07) is 5.98. The largest absolute Gasteiger partial charge is 0.391 e. The third kappa shape index (κ3) is 3.61. The third-order valence-corrected chi connectivity index (χ3v) is 4.57. The fraction of sp³-hybridized carbons (Fsp3) is 0.562. The quantitative estimate of drug-likeness (QED) is 0.919. The lowest BCUT2D eigenvalue weighted by molar-refractivity contribution is -0.136. The van der Waals surface area contributed by atoms with E-state index < -0.39 is 6.10 Å². The topological polar surface area (TPSA) is 40.5 Å². The summed E-state index contributed by atoms with van der Waals surface area (Å²) in [6.45, 7) is 4.57. The normalized spacial score (nSPS) is 20.8. The van der Waals surface area contributed by atoms with Crippen LogP contribution in [0.15, 0.2) is 22.7 Å². The van der Waals surface area contributed by atoms with Crippen molar-refractivity contribution in [2.24, 2.45) is 0 Å². The Labute approximate surface area is 129 Å². The molecule has 0 aliphatic carbocycles. The average molecular weight is 340 g/mol. The minimum atomic E-state index is -0.453. The number of carbonyl (C=O) groups is 1. The van der Waals surface area contributed by atoms with Crippen LogP contribution >= 0.6 is 15.9 Å². The van der Waals surface area contributed by atoms with Crippen LogP contribution in [0.5, 0.6) is 0 Å². The van der Waals surface area contributed by atoms with Gasteiger partial charge in [0.05, 0.1) is 18.6 Å². The monoisotopic (exact) mass is 339 g/mol. The number of piperidine rings is 1. The summed E-state index contributed by atoms with van der Waals surface area (Å²) in [5.41, 5.74) is 2.19. The number of carbonyl (C=O) groups excluding carboxylic acids is 1. The van der Waals surface area contributed by atoms with Gasteiger partial charge in [-0.3, -0.25) is 4.79 Å². The minimum absolute atomic E-state index is 0.0213. The smallest absolute Gasteiger partial charge is 0.227 e. The van der Waals surface area contributed by atoms with Crippen LogP contribution in [-0.2, 0) is 11.2 Å². The predicted octanol–water partition coefficient (Wildman–Crippen LogP) is 3.06. The van der Waals surface area contributed by atoms with Gasteiger partial charge in [0.15, 0.2) is 0 Å². The second-order valence-corrected chi connectivity index (χ2v) is 6.55. The molecule has 2 unspecified atom stereocenters. The van der Waals surface area contributed by atoms with Gasteiger partial charge in [0.25, 0.3) is 0 Å². The van der Waals surface area contributed by atoms with E-state index in [1.54, 1.807) is 6.92 Å². The molecule has 4 heteroatoms. The Balaban J connectivity index is 2.10. The van der Waals surface area contributed by atoms with Crippen LogP contribution in [0.1, 0.15) is 37.3 Å². The summed E-state index contributed by atoms with van der Waals surface area (Å²) in [6.07, 6.45) is 3.00. The van der Waals surface area contributed by atoms with Gasteiger partial charge in [-0.1, -0.05) is 22.0 Å². The molecule has 0 aromatic heterocycles. The SMILES string of the molecule is Cc1cc(Br)ccc1CC(=O)N1CCCCC1C(C)O. The molecule has 1 aliphatic heterocycles. The summed E-state index contributed by atoms with van der Waals surface area (Å²) >= 11 is 3.44. The van der Waals surface area contributed by atoms with Crippen molar-refractivity contribution in [1.29, 1.82) is 0 Å². The molecule has 110 valence electrons. The molecule has 2 rings (SSSR count). The lowest BCUT2D eigenvalue weighted by Crippen LogP contribution is -2.49. The molecular formula is C16H22BrNO2. The Morgan fingerprint density at radius 2 is 2.25 bits per heavy atom. The molecule has 0 spiro atoms. The lowest BCUT2D eigenvalue weighted by Gasteiger charge is -2.37. The highest BCUT2D eigenvalue weighted by Crippen LogP contribution is 2.22. The molecule has 1 N–H and O–H groups in total. The van der Waals surface area contributed by atoms with Gasteiger partial charge in [0.2, 0.25) is 5.91 Å². The average Bonchev–Trinajstić information content (AvgIpc) is 2.41. The van der Waals surface area contributed by atoms with Crippen LogP contribution in [0, 0.1) is 6.92 Å². The van der Waals surface area contributed by atoms with Crippen LogP contribution in [0.25, 0.3) is 0 Å². The number of nitrogens with zero attached hydrogens (tertiary/aromatic N) is 1. The van der Waals surface area contributed by atoms with E-state index in [1.807, 2.05) is 30.0 Å². The van der Waals surface area contributed by atoms with Gasteiger partial charge in [-0.2, -0.15) is 0 Å². The molecule has 3 nitrogen and oxygen atoms in total. The van der Waals surface area contributed by atoms with Crippen LogP contribution in [0.4, 0.5) is 0 Å². The Morgan fingerprint density at radius 1 is 1.50 bits per heavy atom. The van der Waals surface area contributed by atoms with Crippen molar-refractivity contribution in [3.8, 4) is 0 Å². The van der Waals surface area contributed by atoms with E-state index in [4.69, 9.17) is 0 Å². The highest BCUT2D eigenvalue weighted by molar-refractivity contribution is 9.10. The zero-order valence-corrected chi connectivity index (χ0v) is 13.7. The number of aryl methyl sites for hydroxylation is 1. The minimum Gasteiger partial charge on any atom is -0.391 e. The molecule has 1 amide bonds. The van der Waals surface area contributed by atoms with Crippen molar-refractivity contribution >= 4 is 21.8 Å². The molecule has 1 aromatic carbocycles. The number of aliphatic hydroxyl groups excluding tert-OH is 1. The molecule has 1 aliphatic rings. The van der Waals surface area contributed by atoms with Gasteiger partial charge in [0, 0.05) is 11.0 Å². The number of benzene rings is 1. The molecule has 1 fully saturated rings. The van der Waals surface area contributed by atoms with Crippen molar-refractivity contribution in [3.05, 3.63) is 33.8 Å². The van der Waals surface area contributed by atoms with Gasteiger partial charge >= 0.3 is 0 Å². The zero-order chi connectivity index (χ0) is 14.7. The number of aliphatic hydroxyl groups is 1. The Morgan fingerprint density at radius 3 is 2.90 bits per heavy atom. The first-order chi connectivity index (χ1) is 9.49. The molecule has 0 radical (unpaired) electrons. The maximum atomic E-state index is 12.5. The van der Waals surface area contributed by atoms with E-state index in [0.717, 1.165) is 41.4 Å². The van der Waals surface area contributed by atoms with Crippen molar-refractivity contribution < 1.29 is 9.90 Å². The first kappa shape index (κ1) is 15.5. The highest BCUT2D eigenvalue weighted by atomic mass is 79.9. The van der Waals surface area contributed by atoms with E-state index in [2.05, 4.69) is 15.9 Å². The molecule has 2 atom stereocenters. The fourth-order valence-electron chi connectivity index (χ4n) is 2.89. The molecule has 0 saturated carbocycles. The van der Waals surface area contributed by atoms with Crippen molar-refractivity contribution in [1.82, 2.24) is 4.90 Å². The van der Waals surface area contributed by atoms with Gasteiger partial charge < -0.3 is 10.0 Å². The Bertz CT molecular complexity index is 487. The second kappa shape index (κ2) is 6.72. The molecule has 1 saturated heterocycles. The number of amides is 1. The molecule has 1 heterocycles. The number of hydrogen-bond donors (Lipinski definition) is 1. The maximum Gasteiger partial charge on any atom is 0.227 e. The van der Waals surface area contributed by atoms with Crippen molar-refractivity contribution in [2.45, 2.75) is 51.7 Å². The number of hydrogen-bond acceptors (Lipinski definition) is 2. The maximum absolute atomic E-state index is 12.5. The Kier molecular flexibility index (Phi) is 5.22. The standard InChI is InChI=1S/C16H22BrNO2/c1-11-9-14(17)7-6-13(11)10-16(20)18-8-4-3-5-15(18)12(2)19/h6-7,9,12,15,19H,3-5,8,10H2,1-2H3. The van der Waals surface area contributed by atoms with Crippen molar-refractivity contribution in [2.75, 3.05) is 6.54 Å². The molecular weight excluding hydrogens is 318 g/mol. The zero-order valence-electron chi connectivity index (χ0n) is 12.1. The predicted molar refractivity (Wildman–Crippen MR) is 83.6 cm³/mol. The molecule has 0 bridgehead atoms. The van der Waals surface area contributed by atoms with Crippen LogP contribution < -0.4 is 0 Å². The van der Waals surface area contributed by atoms with Gasteiger partial charge in [-0.25, -0.2) is 0 Å². The lowest BCUT2D eigenvalue weighted by atomic mass is 9.96. The number of halogens is 1. The summed E-state index contributed by atoms with van der Waals surface area (Å²) < 4.78 is 1.03. The van der Waals surface area contributed by atoms with Crippen LogP contribution in [0.3, 0.4) is 0 Å². The summed E-state index contributed by atoms with van der Waals surface area (Å²) in [5.74, 6) is 0.126. The van der Waals surface area contributed by atoms with Gasteiger partial charge in [0.1, 0.15) is 0 Å². The van der Waals surface area contributed by atoms with E-state index >= 15 is 0 Å². The van der Waals surface area contributed by atoms with Crippen molar-refractivity contribution in [3.63, 3.8) is 0 Å². The van der Waals surface area contributed by atoms with E-state index in [9.17, 15) is 9.90 Å². The Hall–Kier alpha value is -0.870. The summed E-state index contributed by atoms with van der Waals surface area (Å²) in [5, 5.41) is 9.85. The highest BCUT2D eigenvalue weighted by Gasteiger charge is 2.29. The molecule has 1 aromatic rings. The second-order valence-electron chi connectivity index (χ2n) is 5.64. The van der Waals surface area contributed by atoms with Gasteiger partial charge in [-0.15, -0.1) is 0 Å². The first-order valence-electron chi connectivity index (χ1n) is 7.21. The van der Waals surface area contributed by atoms with Gasteiger partial charge in [-0.05, 0) is 56.4 Å². The fourth-order valence-corrected chi connectivity index (χ4v) is 3.37. The number of likely N-dealkylation sites (tertiary alicyclic amines) is 1. The molecule has 20 heavy (non-hydrogen) atoms. The van der Waals surface area contributed by atoms with E-state index in [0.29, 0.717) is 6.42 Å². The summed E-state index contributed by atoms with van der Waals surface area (Å²) in [7, 11) is 0. The number of rotatable bonds is 3. The van der Waals surface area contributed by atoms with Crippen LogP contribution in [-0.4, -0.2) is 34.6 Å². The van der Waals surface area contributed by atoms with E-state index in [1.165, 1.54) is 0 Å². The summed E-state index contributed by atoms with van der Waals surface area (Å²) in [4.78, 5) is 14.4. The third-order valence-electron chi connectivity index (χ3n) is 4.07. The van der Waals surface area contributed by atoms with Crippen LogP contribution in [0.2, 0.25) is 0 Å².